The van der Waals surface area contributed by atoms with Crippen molar-refractivity contribution in [2.45, 2.75) is 39.0 Å². The van der Waals surface area contributed by atoms with E-state index < -0.39 is 0 Å². The highest BCUT2D eigenvalue weighted by molar-refractivity contribution is 5.93. The molecule has 1 aromatic rings. The lowest BCUT2D eigenvalue weighted by atomic mass is 10.1. The maximum absolute atomic E-state index is 12.6. The lowest BCUT2D eigenvalue weighted by molar-refractivity contribution is -0.134. The Bertz CT molecular complexity index is 648. The van der Waals surface area contributed by atoms with Gasteiger partial charge in [-0.05, 0) is 44.0 Å². The van der Waals surface area contributed by atoms with Gasteiger partial charge in [-0.25, -0.2) is 0 Å². The second-order valence-corrected chi connectivity index (χ2v) is 7.91. The van der Waals surface area contributed by atoms with Gasteiger partial charge < -0.3 is 10.2 Å². The third kappa shape index (κ3) is 6.04. The van der Waals surface area contributed by atoms with Gasteiger partial charge in [-0.2, -0.15) is 0 Å². The third-order valence-corrected chi connectivity index (χ3v) is 5.82. The minimum Gasteiger partial charge on any atom is -0.339 e. The Kier molecular flexibility index (Phi) is 7.86. The second-order valence-electron chi connectivity index (χ2n) is 7.91. The molecule has 1 aromatic carbocycles. The van der Waals surface area contributed by atoms with Crippen molar-refractivity contribution >= 4 is 17.5 Å². The molecule has 0 aromatic heterocycles. The third-order valence-electron chi connectivity index (χ3n) is 5.82. The molecule has 0 saturated carbocycles. The SMILES string of the molecule is CCc1ccccc1NC(=O)CN1CCN(C(=O)CN2CCCCCC2)CC1. The van der Waals surface area contributed by atoms with E-state index >= 15 is 0 Å². The van der Waals surface area contributed by atoms with E-state index in [2.05, 4.69) is 22.0 Å². The summed E-state index contributed by atoms with van der Waals surface area (Å²) >= 11 is 0. The number of likely N-dealkylation sites (tertiary alicyclic amines) is 1. The highest BCUT2D eigenvalue weighted by Crippen LogP contribution is 2.15. The standard InChI is InChI=1S/C22H34N4O2/c1-2-19-9-5-6-10-20(19)23-21(27)17-25-13-15-26(16-14-25)22(28)18-24-11-7-3-4-8-12-24/h5-6,9-10H,2-4,7-8,11-18H2,1H3,(H,23,27). The quantitative estimate of drug-likeness (QED) is 0.814. The molecular formula is C22H34N4O2. The van der Waals surface area contributed by atoms with Gasteiger partial charge in [0.2, 0.25) is 11.8 Å². The van der Waals surface area contributed by atoms with E-state index in [0.29, 0.717) is 26.2 Å². The number of nitrogens with one attached hydrogen (secondary N) is 1. The van der Waals surface area contributed by atoms with Crippen molar-refractivity contribution in [3.63, 3.8) is 0 Å². The Morgan fingerprint density at radius 3 is 2.18 bits per heavy atom. The number of aryl methyl sites for hydroxylation is 1. The minimum absolute atomic E-state index is 0.0187. The Morgan fingerprint density at radius 2 is 1.50 bits per heavy atom. The molecule has 2 saturated heterocycles. The Balaban J connectivity index is 1.41. The molecule has 2 aliphatic heterocycles. The average Bonchev–Trinajstić information content (AvgIpc) is 2.97. The monoisotopic (exact) mass is 386 g/mol. The highest BCUT2D eigenvalue weighted by atomic mass is 16.2. The lowest BCUT2D eigenvalue weighted by Crippen LogP contribution is -2.52. The molecule has 0 unspecified atom stereocenters. The van der Waals surface area contributed by atoms with Crippen LogP contribution in [-0.4, -0.2) is 78.9 Å². The molecule has 2 amide bonds. The molecule has 0 bridgehead atoms. The van der Waals surface area contributed by atoms with Gasteiger partial charge in [0.05, 0.1) is 13.1 Å². The van der Waals surface area contributed by atoms with Crippen LogP contribution >= 0.6 is 0 Å². The summed E-state index contributed by atoms with van der Waals surface area (Å²) < 4.78 is 0. The van der Waals surface area contributed by atoms with Crippen LogP contribution in [0.2, 0.25) is 0 Å². The summed E-state index contributed by atoms with van der Waals surface area (Å²) in [5, 5.41) is 3.03. The zero-order valence-corrected chi connectivity index (χ0v) is 17.2. The van der Waals surface area contributed by atoms with E-state index in [-0.39, 0.29) is 11.8 Å². The topological polar surface area (TPSA) is 55.9 Å². The maximum Gasteiger partial charge on any atom is 0.238 e. The molecule has 154 valence electrons. The Hall–Kier alpha value is -1.92. The number of rotatable bonds is 6. The lowest BCUT2D eigenvalue weighted by Gasteiger charge is -2.35. The number of hydrogen-bond acceptors (Lipinski definition) is 4. The van der Waals surface area contributed by atoms with Gasteiger partial charge in [0.15, 0.2) is 0 Å². The van der Waals surface area contributed by atoms with Crippen molar-refractivity contribution in [3.8, 4) is 0 Å². The second kappa shape index (κ2) is 10.6. The van der Waals surface area contributed by atoms with Crippen LogP contribution in [0, 0.1) is 0 Å². The fourth-order valence-electron chi connectivity index (χ4n) is 4.08. The van der Waals surface area contributed by atoms with Crippen molar-refractivity contribution < 1.29 is 9.59 Å². The Morgan fingerprint density at radius 1 is 0.857 bits per heavy atom. The van der Waals surface area contributed by atoms with Crippen LogP contribution in [0.5, 0.6) is 0 Å². The van der Waals surface area contributed by atoms with Gasteiger partial charge in [-0.3, -0.25) is 19.4 Å². The average molecular weight is 387 g/mol. The van der Waals surface area contributed by atoms with E-state index in [4.69, 9.17) is 0 Å². The van der Waals surface area contributed by atoms with E-state index in [1.807, 2.05) is 29.2 Å². The molecule has 0 spiro atoms. The van der Waals surface area contributed by atoms with Gasteiger partial charge in [0.25, 0.3) is 0 Å². The number of anilines is 1. The first-order valence-corrected chi connectivity index (χ1v) is 10.8. The summed E-state index contributed by atoms with van der Waals surface area (Å²) in [4.78, 5) is 31.4. The molecular weight excluding hydrogens is 352 g/mol. The van der Waals surface area contributed by atoms with Crippen LogP contribution < -0.4 is 5.32 Å². The number of amides is 2. The van der Waals surface area contributed by atoms with Crippen molar-refractivity contribution in [1.82, 2.24) is 14.7 Å². The number of piperazine rings is 1. The largest absolute Gasteiger partial charge is 0.339 e. The summed E-state index contributed by atoms with van der Waals surface area (Å²) in [5.74, 6) is 0.258. The molecule has 6 heteroatoms. The molecule has 0 aliphatic carbocycles. The molecule has 28 heavy (non-hydrogen) atoms. The van der Waals surface area contributed by atoms with Gasteiger partial charge in [0.1, 0.15) is 0 Å². The van der Waals surface area contributed by atoms with Crippen LogP contribution in [0.4, 0.5) is 5.69 Å². The molecule has 0 atom stereocenters. The van der Waals surface area contributed by atoms with Crippen LogP contribution in [0.15, 0.2) is 24.3 Å². The fraction of sp³-hybridized carbons (Fsp3) is 0.636. The van der Waals surface area contributed by atoms with E-state index in [0.717, 1.165) is 43.9 Å². The molecule has 2 heterocycles. The predicted octanol–water partition coefficient (Wildman–Crippen LogP) is 2.21. The van der Waals surface area contributed by atoms with E-state index in [1.165, 1.54) is 25.7 Å². The summed E-state index contributed by atoms with van der Waals surface area (Å²) in [6.07, 6.45) is 5.88. The fourth-order valence-corrected chi connectivity index (χ4v) is 4.08. The number of carbonyl (C=O) groups is 2. The molecule has 3 rings (SSSR count). The Labute approximate surface area is 168 Å². The van der Waals surface area contributed by atoms with Crippen molar-refractivity contribution in [2.24, 2.45) is 0 Å². The van der Waals surface area contributed by atoms with Gasteiger partial charge in [0, 0.05) is 31.9 Å². The molecule has 2 aliphatic rings. The number of hydrogen-bond donors (Lipinski definition) is 1. The summed E-state index contributed by atoms with van der Waals surface area (Å²) in [7, 11) is 0. The summed E-state index contributed by atoms with van der Waals surface area (Å²) in [5.41, 5.74) is 2.06. The molecule has 2 fully saturated rings. The van der Waals surface area contributed by atoms with E-state index in [9.17, 15) is 9.59 Å². The summed E-state index contributed by atoms with van der Waals surface area (Å²) in [6.45, 7) is 8.06. The molecule has 6 nitrogen and oxygen atoms in total. The molecule has 1 N–H and O–H groups in total. The van der Waals surface area contributed by atoms with Crippen molar-refractivity contribution in [3.05, 3.63) is 29.8 Å². The van der Waals surface area contributed by atoms with Crippen LogP contribution in [0.25, 0.3) is 0 Å². The predicted molar refractivity (Wildman–Crippen MR) is 112 cm³/mol. The smallest absolute Gasteiger partial charge is 0.238 e. The van der Waals surface area contributed by atoms with Crippen LogP contribution in [-0.2, 0) is 16.0 Å². The number of para-hydroxylation sites is 1. The number of nitrogens with zero attached hydrogens (tertiary/aromatic N) is 3. The van der Waals surface area contributed by atoms with E-state index in [1.54, 1.807) is 0 Å². The zero-order valence-electron chi connectivity index (χ0n) is 17.2. The van der Waals surface area contributed by atoms with Gasteiger partial charge in [-0.15, -0.1) is 0 Å². The number of benzene rings is 1. The molecule has 0 radical (unpaired) electrons. The normalized spacial score (nSPS) is 19.2. The van der Waals surface area contributed by atoms with Crippen molar-refractivity contribution in [1.29, 1.82) is 0 Å². The van der Waals surface area contributed by atoms with Crippen LogP contribution in [0.3, 0.4) is 0 Å². The number of carbonyl (C=O) groups excluding carboxylic acids is 2. The zero-order chi connectivity index (χ0) is 19.8. The first-order chi connectivity index (χ1) is 13.7. The maximum atomic E-state index is 12.6. The van der Waals surface area contributed by atoms with Crippen LogP contribution in [0.1, 0.15) is 38.2 Å². The van der Waals surface area contributed by atoms with Gasteiger partial charge >= 0.3 is 0 Å². The first kappa shape index (κ1) is 20.8. The summed E-state index contributed by atoms with van der Waals surface area (Å²) in [6, 6.07) is 7.94. The minimum atomic E-state index is 0.0187. The van der Waals surface area contributed by atoms with Crippen molar-refractivity contribution in [2.75, 3.05) is 57.7 Å². The first-order valence-electron chi connectivity index (χ1n) is 10.8. The van der Waals surface area contributed by atoms with Gasteiger partial charge in [-0.1, -0.05) is 38.0 Å². The highest BCUT2D eigenvalue weighted by Gasteiger charge is 2.24.